The molecule has 1 aromatic heterocycles. The number of nitrogens with one attached hydrogen (secondary N) is 2. The van der Waals surface area contributed by atoms with E-state index in [0.29, 0.717) is 44.7 Å². The summed E-state index contributed by atoms with van der Waals surface area (Å²) in [4.78, 5) is 36.2. The van der Waals surface area contributed by atoms with Crippen LogP contribution in [0.4, 0.5) is 13.6 Å². The lowest BCUT2D eigenvalue weighted by Crippen LogP contribution is -2.64. The largest absolute Gasteiger partial charge is 0.322 e. The van der Waals surface area contributed by atoms with Crippen LogP contribution in [0.15, 0.2) is 53.3 Å². The Morgan fingerprint density at radius 2 is 1.80 bits per heavy atom. The number of pyridine rings is 1. The molecule has 2 saturated heterocycles. The van der Waals surface area contributed by atoms with Crippen molar-refractivity contribution in [2.45, 2.75) is 62.7 Å². The molecular weight excluding hydrogens is 512 g/mol. The first kappa shape index (κ1) is 26.9. The van der Waals surface area contributed by atoms with Crippen molar-refractivity contribution in [2.24, 2.45) is 0 Å². The van der Waals surface area contributed by atoms with Gasteiger partial charge in [0.2, 0.25) is 0 Å². The topological polar surface area (TPSA) is 71.7 Å². The first-order chi connectivity index (χ1) is 19.3. The number of hydrogen-bond acceptors (Lipinski definition) is 4. The zero-order chi connectivity index (χ0) is 27.9. The van der Waals surface area contributed by atoms with Gasteiger partial charge in [-0.25, -0.2) is 13.6 Å². The molecule has 2 amide bonds. The van der Waals surface area contributed by atoms with Crippen molar-refractivity contribution >= 4 is 16.9 Å². The highest BCUT2D eigenvalue weighted by molar-refractivity contribution is 5.78. The van der Waals surface area contributed by atoms with E-state index in [0.717, 1.165) is 54.6 Å². The Kier molecular flexibility index (Phi) is 7.35. The number of likely N-dealkylation sites (tertiary alicyclic amines) is 1. The number of hydrogen-bond donors (Lipinski definition) is 2. The number of carbonyl (C=O) groups excluding carboxylic acids is 1. The van der Waals surface area contributed by atoms with Gasteiger partial charge < -0.3 is 20.1 Å². The van der Waals surface area contributed by atoms with E-state index in [1.807, 2.05) is 47.2 Å². The van der Waals surface area contributed by atoms with Crippen molar-refractivity contribution in [1.82, 2.24) is 25.0 Å². The molecule has 3 aliphatic rings. The van der Waals surface area contributed by atoms with E-state index in [-0.39, 0.29) is 23.2 Å². The summed E-state index contributed by atoms with van der Waals surface area (Å²) in [6, 6.07) is 13.1. The predicted molar refractivity (Wildman–Crippen MR) is 151 cm³/mol. The molecule has 6 rings (SSSR count). The second-order valence-corrected chi connectivity index (χ2v) is 11.7. The number of aromatic nitrogens is 1. The molecule has 3 heterocycles. The number of para-hydroxylation sites is 1. The molecule has 2 aliphatic heterocycles. The van der Waals surface area contributed by atoms with Gasteiger partial charge in [0.1, 0.15) is 11.6 Å². The minimum Gasteiger partial charge on any atom is -0.322 e. The standard InChI is InChI=1S/C31H37F2N5O2/c1-34-26-8-11-38(28(18-26)22-15-24(32)17-25(33)16-22)30(40)36-12-13-37(31(20-36)9-4-5-10-31)19-23-14-21-6-2-3-7-27(21)35-29(23)39/h2-3,6-7,14-17,26,28,34H,4-5,8-13,18-20H2,1H3,(H,35,39)/t26-,28+/m1/s1. The summed E-state index contributed by atoms with van der Waals surface area (Å²) < 4.78 is 28.4. The van der Waals surface area contributed by atoms with Crippen LogP contribution in [0.2, 0.25) is 0 Å². The summed E-state index contributed by atoms with van der Waals surface area (Å²) >= 11 is 0. The molecule has 1 saturated carbocycles. The molecule has 7 nitrogen and oxygen atoms in total. The average Bonchev–Trinajstić information content (AvgIpc) is 3.42. The number of benzene rings is 2. The van der Waals surface area contributed by atoms with E-state index in [4.69, 9.17) is 0 Å². The van der Waals surface area contributed by atoms with E-state index < -0.39 is 17.7 Å². The maximum absolute atomic E-state index is 14.2. The molecule has 1 aliphatic carbocycles. The highest BCUT2D eigenvalue weighted by atomic mass is 19.1. The molecule has 212 valence electrons. The lowest BCUT2D eigenvalue weighted by Gasteiger charge is -2.51. The smallest absolute Gasteiger partial charge is 0.320 e. The number of nitrogens with zero attached hydrogens (tertiary/aromatic N) is 3. The van der Waals surface area contributed by atoms with Gasteiger partial charge in [-0.05, 0) is 67.9 Å². The number of halogens is 2. The molecule has 2 N–H and O–H groups in total. The molecule has 0 radical (unpaired) electrons. The maximum atomic E-state index is 14.2. The number of amides is 2. The van der Waals surface area contributed by atoms with Gasteiger partial charge in [0.05, 0.1) is 6.04 Å². The van der Waals surface area contributed by atoms with Crippen molar-refractivity contribution in [1.29, 1.82) is 0 Å². The fourth-order valence-corrected chi connectivity index (χ4v) is 7.17. The molecule has 2 atom stereocenters. The van der Waals surface area contributed by atoms with Crippen LogP contribution in [-0.4, -0.2) is 70.5 Å². The van der Waals surface area contributed by atoms with Crippen LogP contribution >= 0.6 is 0 Å². The maximum Gasteiger partial charge on any atom is 0.320 e. The number of urea groups is 1. The van der Waals surface area contributed by atoms with E-state index in [2.05, 4.69) is 15.2 Å². The third-order valence-corrected chi connectivity index (χ3v) is 9.32. The molecule has 2 aromatic carbocycles. The van der Waals surface area contributed by atoms with Gasteiger partial charge in [0.15, 0.2) is 0 Å². The van der Waals surface area contributed by atoms with Crippen LogP contribution in [0.3, 0.4) is 0 Å². The first-order valence-corrected chi connectivity index (χ1v) is 14.4. The Labute approximate surface area is 233 Å². The Hall–Kier alpha value is -3.30. The van der Waals surface area contributed by atoms with Crippen molar-refractivity contribution in [3.8, 4) is 0 Å². The SMILES string of the molecule is CN[C@@H]1CCN(C(=O)N2CCN(Cc3cc4ccccc4[nH]c3=O)C3(CCCC3)C2)[C@H](c2cc(F)cc(F)c2)C1. The van der Waals surface area contributed by atoms with Crippen LogP contribution in [0.25, 0.3) is 10.9 Å². The Morgan fingerprint density at radius 1 is 1.05 bits per heavy atom. The highest BCUT2D eigenvalue weighted by Gasteiger charge is 2.46. The van der Waals surface area contributed by atoms with Crippen LogP contribution in [-0.2, 0) is 6.54 Å². The highest BCUT2D eigenvalue weighted by Crippen LogP contribution is 2.40. The average molecular weight is 550 g/mol. The Balaban J connectivity index is 1.24. The second kappa shape index (κ2) is 10.9. The fraction of sp³-hybridized carbons (Fsp3) is 0.484. The summed E-state index contributed by atoms with van der Waals surface area (Å²) in [5, 5.41) is 4.29. The van der Waals surface area contributed by atoms with Gasteiger partial charge in [-0.2, -0.15) is 0 Å². The van der Waals surface area contributed by atoms with Crippen LogP contribution in [0, 0.1) is 11.6 Å². The van der Waals surface area contributed by atoms with E-state index in [1.165, 1.54) is 12.1 Å². The van der Waals surface area contributed by atoms with Crippen molar-refractivity contribution in [2.75, 3.05) is 33.2 Å². The zero-order valence-corrected chi connectivity index (χ0v) is 23.0. The summed E-state index contributed by atoms with van der Waals surface area (Å²) in [5.41, 5.74) is 1.82. The molecule has 9 heteroatoms. The van der Waals surface area contributed by atoms with Crippen LogP contribution in [0.1, 0.15) is 55.7 Å². The lowest BCUT2D eigenvalue weighted by atomic mass is 9.90. The van der Waals surface area contributed by atoms with E-state index in [9.17, 15) is 18.4 Å². The molecule has 3 aromatic rings. The number of H-pyrrole nitrogens is 1. The van der Waals surface area contributed by atoms with Gasteiger partial charge in [0, 0.05) is 61.5 Å². The monoisotopic (exact) mass is 549 g/mol. The molecule has 40 heavy (non-hydrogen) atoms. The molecule has 0 bridgehead atoms. The van der Waals surface area contributed by atoms with Gasteiger partial charge in [0.25, 0.3) is 5.56 Å². The normalized spacial score (nSPS) is 23.3. The molecule has 3 fully saturated rings. The lowest BCUT2D eigenvalue weighted by molar-refractivity contribution is -0.00224. The number of piperazine rings is 1. The first-order valence-electron chi connectivity index (χ1n) is 14.4. The Morgan fingerprint density at radius 3 is 2.55 bits per heavy atom. The minimum absolute atomic E-state index is 0.0667. The van der Waals surface area contributed by atoms with Gasteiger partial charge in [-0.3, -0.25) is 9.69 Å². The minimum atomic E-state index is -0.629. The van der Waals surface area contributed by atoms with Crippen molar-refractivity contribution in [3.63, 3.8) is 0 Å². The number of rotatable bonds is 4. The molecule has 1 spiro atoms. The van der Waals surface area contributed by atoms with Gasteiger partial charge in [-0.1, -0.05) is 31.0 Å². The zero-order valence-electron chi connectivity index (χ0n) is 23.0. The van der Waals surface area contributed by atoms with Gasteiger partial charge in [-0.15, -0.1) is 0 Å². The van der Waals surface area contributed by atoms with Gasteiger partial charge >= 0.3 is 6.03 Å². The fourth-order valence-electron chi connectivity index (χ4n) is 7.17. The predicted octanol–water partition coefficient (Wildman–Crippen LogP) is 4.78. The van der Waals surface area contributed by atoms with Crippen molar-refractivity contribution in [3.05, 3.63) is 81.6 Å². The van der Waals surface area contributed by atoms with E-state index in [1.54, 1.807) is 0 Å². The molecular formula is C31H37F2N5O2. The quantitative estimate of drug-likeness (QED) is 0.492. The number of fused-ring (bicyclic) bond motifs is 1. The van der Waals surface area contributed by atoms with Crippen molar-refractivity contribution < 1.29 is 13.6 Å². The summed E-state index contributed by atoms with van der Waals surface area (Å²) in [6.45, 7) is 2.87. The van der Waals surface area contributed by atoms with E-state index >= 15 is 0 Å². The number of aromatic amines is 1. The van der Waals surface area contributed by atoms with Crippen LogP contribution in [0.5, 0.6) is 0 Å². The Bertz CT molecular complexity index is 1430. The summed E-state index contributed by atoms with van der Waals surface area (Å²) in [6.07, 6.45) is 5.51. The summed E-state index contributed by atoms with van der Waals surface area (Å²) in [7, 11) is 1.88. The summed E-state index contributed by atoms with van der Waals surface area (Å²) in [5.74, 6) is -1.26. The number of carbonyl (C=O) groups is 1. The third-order valence-electron chi connectivity index (χ3n) is 9.32. The van der Waals surface area contributed by atoms with Crippen LogP contribution < -0.4 is 10.9 Å². The molecule has 0 unspecified atom stereocenters. The number of piperidine rings is 1. The third kappa shape index (κ3) is 5.12. The second-order valence-electron chi connectivity index (χ2n) is 11.7.